The van der Waals surface area contributed by atoms with Crippen molar-refractivity contribution in [2.45, 2.75) is 32.2 Å². The molecule has 0 aliphatic carbocycles. The van der Waals surface area contributed by atoms with Crippen molar-refractivity contribution in [1.82, 2.24) is 0 Å². The van der Waals surface area contributed by atoms with Crippen LogP contribution in [0.25, 0.3) is 0 Å². The Balaban J connectivity index is 2.34. The van der Waals surface area contributed by atoms with Gasteiger partial charge in [0.2, 0.25) is 0 Å². The molecule has 1 aromatic rings. The van der Waals surface area contributed by atoms with E-state index in [-0.39, 0.29) is 5.82 Å². The molecule has 0 unspecified atom stereocenters. The summed E-state index contributed by atoms with van der Waals surface area (Å²) in [6, 6.07) is 7.47. The molecule has 19 heavy (non-hydrogen) atoms. The number of unbranched alkanes of at least 4 members (excludes halogenated alkanes) is 1. The van der Waals surface area contributed by atoms with E-state index in [2.05, 4.69) is 0 Å². The fraction of sp³-hybridized carbons (Fsp3) is 0.571. The van der Waals surface area contributed by atoms with E-state index in [1.54, 1.807) is 14.2 Å². The van der Waals surface area contributed by atoms with Crippen molar-refractivity contribution < 1.29 is 17.7 Å². The van der Waals surface area contributed by atoms with Crippen molar-refractivity contribution in [1.29, 1.82) is 0 Å². The topological polar surface area (TPSA) is 27.7 Å². The van der Waals surface area contributed by atoms with Crippen LogP contribution in [0.1, 0.15) is 25.3 Å². The lowest BCUT2D eigenvalue weighted by Gasteiger charge is -2.25. The molecule has 0 N–H and O–H groups in total. The number of halogens is 1. The van der Waals surface area contributed by atoms with Gasteiger partial charge in [-0.15, -0.1) is 0 Å². The lowest BCUT2D eigenvalue weighted by atomic mass is 10.1. The second-order valence-corrected chi connectivity index (χ2v) is 7.33. The molecular weight excluding hydrogens is 263 g/mol. The van der Waals surface area contributed by atoms with E-state index in [9.17, 15) is 4.39 Å². The molecule has 1 rings (SSSR count). The molecule has 1 aromatic carbocycles. The van der Waals surface area contributed by atoms with Gasteiger partial charge in [-0.25, -0.2) is 4.39 Å². The molecule has 0 radical (unpaired) electrons. The molecule has 0 saturated carbocycles. The van der Waals surface area contributed by atoms with Crippen LogP contribution in [0.3, 0.4) is 0 Å². The highest BCUT2D eigenvalue weighted by Gasteiger charge is 2.37. The SMILES string of the molecule is CCO[Si](CCCCc1ccc(F)cc1)(OC)OC. The maximum atomic E-state index is 12.8. The Labute approximate surface area is 116 Å². The van der Waals surface area contributed by atoms with Crippen molar-refractivity contribution in [2.75, 3.05) is 20.8 Å². The second kappa shape index (κ2) is 8.42. The lowest BCUT2D eigenvalue weighted by molar-refractivity contribution is 0.103. The second-order valence-electron chi connectivity index (χ2n) is 4.36. The molecule has 0 aliphatic heterocycles. The summed E-state index contributed by atoms with van der Waals surface area (Å²) in [5.74, 6) is -0.190. The molecular formula is C14H23FO3Si. The van der Waals surface area contributed by atoms with Crippen LogP contribution in [-0.2, 0) is 19.7 Å². The first-order valence-electron chi connectivity index (χ1n) is 6.64. The Morgan fingerprint density at radius 3 is 2.21 bits per heavy atom. The summed E-state index contributed by atoms with van der Waals surface area (Å²) in [6.45, 7) is 2.55. The normalized spacial score (nSPS) is 11.8. The Morgan fingerprint density at radius 2 is 1.68 bits per heavy atom. The monoisotopic (exact) mass is 286 g/mol. The number of hydrogen-bond donors (Lipinski definition) is 0. The van der Waals surface area contributed by atoms with Gasteiger partial charge in [0.1, 0.15) is 5.82 Å². The molecule has 0 saturated heterocycles. The van der Waals surface area contributed by atoms with Crippen LogP contribution in [0.15, 0.2) is 24.3 Å². The average molecular weight is 286 g/mol. The molecule has 0 bridgehead atoms. The van der Waals surface area contributed by atoms with Gasteiger partial charge in [-0.05, 0) is 43.9 Å². The minimum absolute atomic E-state index is 0.190. The van der Waals surface area contributed by atoms with Crippen molar-refractivity contribution in [3.63, 3.8) is 0 Å². The van der Waals surface area contributed by atoms with Crippen LogP contribution in [-0.4, -0.2) is 29.6 Å². The summed E-state index contributed by atoms with van der Waals surface area (Å²) in [7, 11) is 0.838. The first-order valence-corrected chi connectivity index (χ1v) is 8.57. The summed E-state index contributed by atoms with van der Waals surface area (Å²) in [5, 5.41) is 0. The van der Waals surface area contributed by atoms with E-state index in [1.807, 2.05) is 19.1 Å². The van der Waals surface area contributed by atoms with Gasteiger partial charge in [0.15, 0.2) is 0 Å². The van der Waals surface area contributed by atoms with Gasteiger partial charge in [-0.2, -0.15) is 0 Å². The number of hydrogen-bond acceptors (Lipinski definition) is 3. The van der Waals surface area contributed by atoms with Crippen molar-refractivity contribution in [3.8, 4) is 0 Å². The highest BCUT2D eigenvalue weighted by molar-refractivity contribution is 6.60. The van der Waals surface area contributed by atoms with E-state index in [4.69, 9.17) is 13.3 Å². The average Bonchev–Trinajstić information content (AvgIpc) is 2.44. The number of rotatable bonds is 9. The van der Waals surface area contributed by atoms with E-state index in [0.29, 0.717) is 6.61 Å². The predicted molar refractivity (Wildman–Crippen MR) is 75.5 cm³/mol. The molecule has 108 valence electrons. The van der Waals surface area contributed by atoms with Gasteiger partial charge in [0, 0.05) is 26.9 Å². The van der Waals surface area contributed by atoms with Crippen LogP contribution >= 0.6 is 0 Å². The smallest absolute Gasteiger partial charge is 0.377 e. The molecule has 3 nitrogen and oxygen atoms in total. The summed E-state index contributed by atoms with van der Waals surface area (Å²) in [6.07, 6.45) is 2.93. The molecule has 0 aromatic heterocycles. The van der Waals surface area contributed by atoms with Gasteiger partial charge in [0.05, 0.1) is 0 Å². The third-order valence-corrected chi connectivity index (χ3v) is 6.04. The predicted octanol–water partition coefficient (Wildman–Crippen LogP) is 3.42. The number of benzene rings is 1. The zero-order chi connectivity index (χ0) is 14.1. The van der Waals surface area contributed by atoms with Gasteiger partial charge < -0.3 is 13.3 Å². The minimum Gasteiger partial charge on any atom is -0.377 e. The largest absolute Gasteiger partial charge is 0.500 e. The highest BCUT2D eigenvalue weighted by atomic mass is 28.4. The zero-order valence-electron chi connectivity index (χ0n) is 11.9. The van der Waals surface area contributed by atoms with Crippen LogP contribution in [0.2, 0.25) is 6.04 Å². The van der Waals surface area contributed by atoms with E-state index in [1.165, 1.54) is 12.1 Å². The maximum Gasteiger partial charge on any atom is 0.500 e. The Bertz CT molecular complexity index is 352. The number of aryl methyl sites for hydroxylation is 1. The van der Waals surface area contributed by atoms with Crippen LogP contribution < -0.4 is 0 Å². The van der Waals surface area contributed by atoms with E-state index in [0.717, 1.165) is 30.9 Å². The van der Waals surface area contributed by atoms with Crippen molar-refractivity contribution >= 4 is 8.80 Å². The van der Waals surface area contributed by atoms with Crippen LogP contribution in [0.4, 0.5) is 4.39 Å². The maximum absolute atomic E-state index is 12.8. The molecule has 0 fully saturated rings. The third-order valence-electron chi connectivity index (χ3n) is 3.10. The Morgan fingerprint density at radius 1 is 1.05 bits per heavy atom. The molecule has 5 heteroatoms. The fourth-order valence-electron chi connectivity index (χ4n) is 2.02. The highest BCUT2D eigenvalue weighted by Crippen LogP contribution is 2.18. The first kappa shape index (κ1) is 16.3. The van der Waals surface area contributed by atoms with Gasteiger partial charge in [-0.1, -0.05) is 12.1 Å². The molecule has 0 atom stereocenters. The van der Waals surface area contributed by atoms with Crippen LogP contribution in [0.5, 0.6) is 0 Å². The zero-order valence-corrected chi connectivity index (χ0v) is 12.9. The van der Waals surface area contributed by atoms with Crippen molar-refractivity contribution in [2.24, 2.45) is 0 Å². The fourth-order valence-corrected chi connectivity index (χ4v) is 4.10. The Hall–Kier alpha value is -0.753. The van der Waals surface area contributed by atoms with Gasteiger partial charge in [-0.3, -0.25) is 0 Å². The molecule has 0 amide bonds. The summed E-state index contributed by atoms with van der Waals surface area (Å²) < 4.78 is 29.3. The summed E-state index contributed by atoms with van der Waals surface area (Å²) >= 11 is 0. The molecule has 0 heterocycles. The van der Waals surface area contributed by atoms with E-state index < -0.39 is 8.80 Å². The van der Waals surface area contributed by atoms with Crippen molar-refractivity contribution in [3.05, 3.63) is 35.6 Å². The molecule has 0 aliphatic rings. The standard InChI is InChI=1S/C14H23FO3Si/c1-4-18-19(16-2,17-3)12-6-5-7-13-8-10-14(15)11-9-13/h8-11H,4-7,12H2,1-3H3. The Kier molecular flexibility index (Phi) is 7.23. The molecule has 0 spiro atoms. The summed E-state index contributed by atoms with van der Waals surface area (Å²) in [4.78, 5) is 0. The van der Waals surface area contributed by atoms with Gasteiger partial charge >= 0.3 is 8.80 Å². The quantitative estimate of drug-likeness (QED) is 0.514. The lowest BCUT2D eigenvalue weighted by Crippen LogP contribution is -2.43. The van der Waals surface area contributed by atoms with Gasteiger partial charge in [0.25, 0.3) is 0 Å². The first-order chi connectivity index (χ1) is 9.15. The summed E-state index contributed by atoms with van der Waals surface area (Å²) in [5.41, 5.74) is 1.15. The minimum atomic E-state index is -2.45. The van der Waals surface area contributed by atoms with E-state index >= 15 is 0 Å². The van der Waals surface area contributed by atoms with Crippen LogP contribution in [0, 0.1) is 5.82 Å². The third kappa shape index (κ3) is 5.40.